The van der Waals surface area contributed by atoms with E-state index in [1.807, 2.05) is 6.92 Å². The lowest BCUT2D eigenvalue weighted by atomic mass is 10.4. The molecule has 82 valence electrons. The van der Waals surface area contributed by atoms with Gasteiger partial charge >= 0.3 is 0 Å². The summed E-state index contributed by atoms with van der Waals surface area (Å²) in [6.45, 7) is 2.61. The van der Waals surface area contributed by atoms with Gasteiger partial charge < -0.3 is 11.1 Å². The number of primary amides is 1. The molecule has 0 saturated heterocycles. The van der Waals surface area contributed by atoms with Crippen molar-refractivity contribution in [3.05, 3.63) is 22.6 Å². The highest BCUT2D eigenvalue weighted by Crippen LogP contribution is 1.98. The van der Waals surface area contributed by atoms with Gasteiger partial charge in [-0.05, 0) is 6.42 Å². The second-order valence-electron chi connectivity index (χ2n) is 3.13. The van der Waals surface area contributed by atoms with E-state index in [9.17, 15) is 9.59 Å². The lowest BCUT2D eigenvalue weighted by Gasteiger charge is -2.05. The molecule has 1 rings (SSSR count). The molecule has 0 radical (unpaired) electrons. The molecule has 3 N–H and O–H groups in total. The second kappa shape index (κ2) is 5.14. The van der Waals surface area contributed by atoms with Gasteiger partial charge in [-0.3, -0.25) is 9.59 Å². The topological polar surface area (TPSA) is 90.0 Å². The molecule has 0 aliphatic rings. The molecule has 1 aromatic heterocycles. The minimum absolute atomic E-state index is 0.188. The second-order valence-corrected chi connectivity index (χ2v) is 3.13. The van der Waals surface area contributed by atoms with Gasteiger partial charge in [-0.15, -0.1) is 0 Å². The van der Waals surface area contributed by atoms with Crippen molar-refractivity contribution in [1.82, 2.24) is 9.78 Å². The summed E-state index contributed by atoms with van der Waals surface area (Å²) in [7, 11) is 0. The molecular weight excluding hydrogens is 196 g/mol. The number of carbonyl (C=O) groups is 1. The number of amides is 1. The van der Waals surface area contributed by atoms with Crippen LogP contribution in [0.1, 0.15) is 13.3 Å². The molecule has 0 fully saturated rings. The highest BCUT2D eigenvalue weighted by molar-refractivity contribution is 5.73. The Bertz CT molecular complexity index is 399. The van der Waals surface area contributed by atoms with Gasteiger partial charge in [-0.25, -0.2) is 4.68 Å². The third-order valence-corrected chi connectivity index (χ3v) is 1.75. The molecule has 0 aromatic carbocycles. The molecule has 6 nitrogen and oxygen atoms in total. The van der Waals surface area contributed by atoms with Gasteiger partial charge in [0, 0.05) is 12.6 Å². The van der Waals surface area contributed by atoms with Crippen molar-refractivity contribution >= 4 is 11.6 Å². The Morgan fingerprint density at radius 3 is 2.93 bits per heavy atom. The first-order valence-electron chi connectivity index (χ1n) is 4.73. The Kier molecular flexibility index (Phi) is 3.84. The Morgan fingerprint density at radius 2 is 2.40 bits per heavy atom. The van der Waals surface area contributed by atoms with Crippen LogP contribution in [0.25, 0.3) is 0 Å². The molecule has 0 aliphatic carbocycles. The summed E-state index contributed by atoms with van der Waals surface area (Å²) in [6, 6.07) is 1.39. The van der Waals surface area contributed by atoms with Crippen LogP contribution in [0.3, 0.4) is 0 Å². The largest absolute Gasteiger partial charge is 0.384 e. The van der Waals surface area contributed by atoms with Crippen LogP contribution in [0, 0.1) is 0 Å². The number of nitrogens with zero attached hydrogens (tertiary/aromatic N) is 2. The van der Waals surface area contributed by atoms with E-state index in [4.69, 9.17) is 5.73 Å². The number of anilines is 1. The molecule has 0 atom stereocenters. The SMILES string of the molecule is CCCNc1cnn(CC(N)=O)c(=O)c1. The molecule has 0 spiro atoms. The van der Waals surface area contributed by atoms with Crippen molar-refractivity contribution in [3.8, 4) is 0 Å². The van der Waals surface area contributed by atoms with Gasteiger partial charge in [0.1, 0.15) is 6.54 Å². The maximum absolute atomic E-state index is 11.4. The summed E-state index contributed by atoms with van der Waals surface area (Å²) < 4.78 is 1.03. The summed E-state index contributed by atoms with van der Waals surface area (Å²) in [5.74, 6) is -0.584. The first kappa shape index (κ1) is 11.2. The zero-order valence-corrected chi connectivity index (χ0v) is 8.56. The molecule has 6 heteroatoms. The van der Waals surface area contributed by atoms with Crippen molar-refractivity contribution in [2.24, 2.45) is 5.73 Å². The zero-order valence-electron chi connectivity index (χ0n) is 8.56. The standard InChI is InChI=1S/C9H14N4O2/c1-2-3-11-7-4-9(15)13(12-5-7)6-8(10)14/h4-5,11H,2-3,6H2,1H3,(H2,10,14). The average Bonchev–Trinajstić information content (AvgIpc) is 2.18. The minimum atomic E-state index is -0.584. The maximum atomic E-state index is 11.4. The Labute approximate surface area is 87.1 Å². The predicted molar refractivity (Wildman–Crippen MR) is 56.5 cm³/mol. The first-order valence-corrected chi connectivity index (χ1v) is 4.73. The number of hydrogen-bond donors (Lipinski definition) is 2. The Morgan fingerprint density at radius 1 is 1.67 bits per heavy atom. The van der Waals surface area contributed by atoms with Crippen LogP contribution in [-0.2, 0) is 11.3 Å². The monoisotopic (exact) mass is 210 g/mol. The van der Waals surface area contributed by atoms with E-state index in [-0.39, 0.29) is 12.1 Å². The van der Waals surface area contributed by atoms with Gasteiger partial charge in [0.15, 0.2) is 0 Å². The van der Waals surface area contributed by atoms with Crippen molar-refractivity contribution in [1.29, 1.82) is 0 Å². The number of hydrogen-bond acceptors (Lipinski definition) is 4. The summed E-state index contributed by atoms with van der Waals surface area (Å²) in [5, 5.41) is 6.84. The van der Waals surface area contributed by atoms with Crippen LogP contribution >= 0.6 is 0 Å². The van der Waals surface area contributed by atoms with E-state index in [0.29, 0.717) is 5.69 Å². The molecule has 15 heavy (non-hydrogen) atoms. The molecule has 0 aliphatic heterocycles. The number of aromatic nitrogens is 2. The third-order valence-electron chi connectivity index (χ3n) is 1.75. The number of nitrogens with one attached hydrogen (secondary N) is 1. The van der Waals surface area contributed by atoms with Crippen LogP contribution in [-0.4, -0.2) is 22.2 Å². The van der Waals surface area contributed by atoms with E-state index in [1.165, 1.54) is 12.3 Å². The predicted octanol–water partition coefficient (Wildman–Crippen LogP) is -0.449. The molecule has 0 saturated carbocycles. The smallest absolute Gasteiger partial charge is 0.269 e. The van der Waals surface area contributed by atoms with Crippen LogP contribution in [0.2, 0.25) is 0 Å². The molecule has 0 bridgehead atoms. The normalized spacial score (nSPS) is 9.93. The highest BCUT2D eigenvalue weighted by atomic mass is 16.2. The summed E-state index contributed by atoms with van der Waals surface area (Å²) in [6.07, 6.45) is 2.46. The van der Waals surface area contributed by atoms with Gasteiger partial charge in [0.05, 0.1) is 11.9 Å². The molecule has 1 heterocycles. The van der Waals surface area contributed by atoms with E-state index in [0.717, 1.165) is 17.6 Å². The highest BCUT2D eigenvalue weighted by Gasteiger charge is 2.02. The van der Waals surface area contributed by atoms with Gasteiger partial charge in [-0.2, -0.15) is 5.10 Å². The minimum Gasteiger partial charge on any atom is -0.384 e. The summed E-state index contributed by atoms with van der Waals surface area (Å²) in [5.41, 5.74) is 5.27. The van der Waals surface area contributed by atoms with E-state index in [1.54, 1.807) is 0 Å². The van der Waals surface area contributed by atoms with Crippen molar-refractivity contribution in [2.75, 3.05) is 11.9 Å². The Balaban J connectivity index is 2.79. The van der Waals surface area contributed by atoms with E-state index >= 15 is 0 Å². The fourth-order valence-electron chi connectivity index (χ4n) is 1.07. The van der Waals surface area contributed by atoms with Gasteiger partial charge in [0.25, 0.3) is 5.56 Å². The number of nitrogens with two attached hydrogens (primary N) is 1. The van der Waals surface area contributed by atoms with Crippen LogP contribution in [0.4, 0.5) is 5.69 Å². The summed E-state index contributed by atoms with van der Waals surface area (Å²) >= 11 is 0. The van der Waals surface area contributed by atoms with Crippen LogP contribution in [0.5, 0.6) is 0 Å². The van der Waals surface area contributed by atoms with Crippen LogP contribution < -0.4 is 16.6 Å². The van der Waals surface area contributed by atoms with Gasteiger partial charge in [0.2, 0.25) is 5.91 Å². The van der Waals surface area contributed by atoms with Crippen LogP contribution in [0.15, 0.2) is 17.1 Å². The zero-order chi connectivity index (χ0) is 11.3. The molecule has 0 unspecified atom stereocenters. The lowest BCUT2D eigenvalue weighted by Crippen LogP contribution is -2.29. The lowest BCUT2D eigenvalue weighted by molar-refractivity contribution is -0.118. The fourth-order valence-corrected chi connectivity index (χ4v) is 1.07. The van der Waals surface area contributed by atoms with Crippen molar-refractivity contribution in [3.63, 3.8) is 0 Å². The number of rotatable bonds is 5. The first-order chi connectivity index (χ1) is 7.13. The van der Waals surface area contributed by atoms with Crippen molar-refractivity contribution < 1.29 is 4.79 Å². The van der Waals surface area contributed by atoms with Gasteiger partial charge in [-0.1, -0.05) is 6.92 Å². The average molecular weight is 210 g/mol. The number of carbonyl (C=O) groups excluding carboxylic acids is 1. The molecular formula is C9H14N4O2. The summed E-state index contributed by atoms with van der Waals surface area (Å²) in [4.78, 5) is 22.0. The van der Waals surface area contributed by atoms with E-state index < -0.39 is 5.91 Å². The maximum Gasteiger partial charge on any atom is 0.269 e. The third kappa shape index (κ3) is 3.41. The quantitative estimate of drug-likeness (QED) is 0.688. The van der Waals surface area contributed by atoms with Crippen molar-refractivity contribution in [2.45, 2.75) is 19.9 Å². The molecule has 1 amide bonds. The molecule has 1 aromatic rings. The Hall–Kier alpha value is -1.85. The van der Waals surface area contributed by atoms with E-state index in [2.05, 4.69) is 10.4 Å². The fraction of sp³-hybridized carbons (Fsp3) is 0.444.